The van der Waals surface area contributed by atoms with Crippen molar-refractivity contribution in [1.82, 2.24) is 19.8 Å². The first-order valence-electron chi connectivity index (χ1n) is 10.8. The van der Waals surface area contributed by atoms with Gasteiger partial charge in [0.1, 0.15) is 5.82 Å². The van der Waals surface area contributed by atoms with Crippen LogP contribution in [0.4, 0.5) is 0 Å². The molecule has 1 unspecified atom stereocenters. The third kappa shape index (κ3) is 3.25. The number of nitrogens with one attached hydrogen (secondary N) is 1. The van der Waals surface area contributed by atoms with Gasteiger partial charge in [-0.15, -0.1) is 0 Å². The Kier molecular flexibility index (Phi) is 4.91. The fourth-order valence-corrected chi connectivity index (χ4v) is 5.08. The highest BCUT2D eigenvalue weighted by molar-refractivity contribution is 5.76. The zero-order valence-corrected chi connectivity index (χ0v) is 16.7. The molecule has 0 aliphatic carbocycles. The highest BCUT2D eigenvalue weighted by Crippen LogP contribution is 2.35. The predicted molar refractivity (Wildman–Crippen MR) is 115 cm³/mol. The van der Waals surface area contributed by atoms with E-state index in [1.54, 1.807) is 0 Å². The lowest BCUT2D eigenvalue weighted by Gasteiger charge is -2.37. The first-order chi connectivity index (χ1) is 13.8. The maximum atomic E-state index is 5.08. The van der Waals surface area contributed by atoms with Gasteiger partial charge >= 0.3 is 0 Å². The van der Waals surface area contributed by atoms with Gasteiger partial charge in [-0.25, -0.2) is 4.98 Å². The maximum absolute atomic E-state index is 5.08. The van der Waals surface area contributed by atoms with Crippen molar-refractivity contribution in [2.75, 3.05) is 26.2 Å². The Bertz CT molecular complexity index is 918. The van der Waals surface area contributed by atoms with Crippen LogP contribution in [0, 0.1) is 0 Å². The highest BCUT2D eigenvalue weighted by Gasteiger charge is 2.30. The molecule has 5 rings (SSSR count). The van der Waals surface area contributed by atoms with Crippen LogP contribution in [0.5, 0.6) is 0 Å². The zero-order valence-electron chi connectivity index (χ0n) is 16.7. The second kappa shape index (κ2) is 7.69. The van der Waals surface area contributed by atoms with Gasteiger partial charge in [-0.3, -0.25) is 4.90 Å². The Morgan fingerprint density at radius 1 is 0.964 bits per heavy atom. The van der Waals surface area contributed by atoms with E-state index >= 15 is 0 Å². The van der Waals surface area contributed by atoms with Gasteiger partial charge in [-0.2, -0.15) is 0 Å². The van der Waals surface area contributed by atoms with Gasteiger partial charge in [0.25, 0.3) is 0 Å². The molecule has 0 saturated carbocycles. The number of hydrogen-bond acceptors (Lipinski definition) is 3. The van der Waals surface area contributed by atoms with E-state index in [-0.39, 0.29) is 0 Å². The summed E-state index contributed by atoms with van der Waals surface area (Å²) < 4.78 is 2.59. The SMILES string of the molecule is CC(c1ccccc1)N1CCC(n2c([C@@H]3CCNC3)nc3ccccc32)CC1. The van der Waals surface area contributed by atoms with Crippen molar-refractivity contribution in [3.63, 3.8) is 0 Å². The molecule has 146 valence electrons. The van der Waals surface area contributed by atoms with Crippen LogP contribution in [-0.2, 0) is 0 Å². The van der Waals surface area contributed by atoms with Crippen molar-refractivity contribution in [2.24, 2.45) is 0 Å². The lowest BCUT2D eigenvalue weighted by molar-refractivity contribution is 0.143. The van der Waals surface area contributed by atoms with E-state index in [2.05, 4.69) is 76.3 Å². The molecule has 0 amide bonds. The molecule has 0 radical (unpaired) electrons. The predicted octanol–water partition coefficient (Wildman–Crippen LogP) is 4.51. The van der Waals surface area contributed by atoms with Crippen molar-refractivity contribution < 1.29 is 0 Å². The first-order valence-corrected chi connectivity index (χ1v) is 10.8. The molecule has 2 aromatic carbocycles. The molecule has 3 heterocycles. The number of likely N-dealkylation sites (tertiary alicyclic amines) is 1. The van der Waals surface area contributed by atoms with Crippen LogP contribution in [0.3, 0.4) is 0 Å². The molecular weight excluding hydrogens is 344 g/mol. The summed E-state index contributed by atoms with van der Waals surface area (Å²) in [6, 6.07) is 20.7. The van der Waals surface area contributed by atoms with Crippen molar-refractivity contribution in [3.8, 4) is 0 Å². The molecular formula is C24H30N4. The quantitative estimate of drug-likeness (QED) is 0.729. The Morgan fingerprint density at radius 3 is 2.46 bits per heavy atom. The number of piperidine rings is 1. The minimum Gasteiger partial charge on any atom is -0.324 e. The number of nitrogens with zero attached hydrogens (tertiary/aromatic N) is 3. The van der Waals surface area contributed by atoms with Crippen molar-refractivity contribution in [1.29, 1.82) is 0 Å². The van der Waals surface area contributed by atoms with Gasteiger partial charge in [-0.05, 0) is 50.4 Å². The van der Waals surface area contributed by atoms with Crippen LogP contribution in [-0.4, -0.2) is 40.6 Å². The van der Waals surface area contributed by atoms with Crippen molar-refractivity contribution >= 4 is 11.0 Å². The van der Waals surface area contributed by atoms with Crippen LogP contribution in [0.2, 0.25) is 0 Å². The van der Waals surface area contributed by atoms with Gasteiger partial charge in [0.2, 0.25) is 0 Å². The van der Waals surface area contributed by atoms with Crippen LogP contribution >= 0.6 is 0 Å². The summed E-state index contributed by atoms with van der Waals surface area (Å²) in [7, 11) is 0. The molecule has 4 heteroatoms. The smallest absolute Gasteiger partial charge is 0.114 e. The van der Waals surface area contributed by atoms with Crippen LogP contribution in [0.15, 0.2) is 54.6 Å². The summed E-state index contributed by atoms with van der Waals surface area (Å²) >= 11 is 0. The molecule has 28 heavy (non-hydrogen) atoms. The van der Waals surface area contributed by atoms with Gasteiger partial charge < -0.3 is 9.88 Å². The molecule has 2 atom stereocenters. The number of aromatic nitrogens is 2. The Morgan fingerprint density at radius 2 is 1.71 bits per heavy atom. The molecule has 0 bridgehead atoms. The Balaban J connectivity index is 1.39. The van der Waals surface area contributed by atoms with Gasteiger partial charge in [-0.1, -0.05) is 42.5 Å². The number of imidazole rings is 1. The van der Waals surface area contributed by atoms with Gasteiger partial charge in [0.15, 0.2) is 0 Å². The summed E-state index contributed by atoms with van der Waals surface area (Å²) in [4.78, 5) is 7.72. The zero-order chi connectivity index (χ0) is 18.9. The maximum Gasteiger partial charge on any atom is 0.114 e. The lowest BCUT2D eigenvalue weighted by Crippen LogP contribution is -2.37. The molecule has 3 aromatic rings. The van der Waals surface area contributed by atoms with Crippen LogP contribution < -0.4 is 5.32 Å². The van der Waals surface area contributed by atoms with Crippen LogP contribution in [0.25, 0.3) is 11.0 Å². The first kappa shape index (κ1) is 17.9. The third-order valence-electron chi connectivity index (χ3n) is 6.74. The fraction of sp³-hybridized carbons (Fsp3) is 0.458. The summed E-state index contributed by atoms with van der Waals surface area (Å²) in [5, 5.41) is 3.52. The standard InChI is InChI=1S/C24H30N4/c1-18(19-7-3-2-4-8-19)27-15-12-21(13-16-27)28-23-10-6-5-9-22(23)26-24(28)20-11-14-25-17-20/h2-10,18,20-21,25H,11-17H2,1H3/t18?,20-/m1/s1. The number of benzene rings is 2. The van der Waals surface area contributed by atoms with E-state index in [0.717, 1.165) is 31.7 Å². The molecule has 1 aromatic heterocycles. The van der Waals surface area contributed by atoms with E-state index in [0.29, 0.717) is 18.0 Å². The normalized spacial score (nSPS) is 22.7. The molecule has 0 spiro atoms. The number of fused-ring (bicyclic) bond motifs is 1. The summed E-state index contributed by atoms with van der Waals surface area (Å²) in [6.45, 7) is 6.82. The molecule has 1 N–H and O–H groups in total. The van der Waals surface area contributed by atoms with Gasteiger partial charge in [0, 0.05) is 37.6 Å². The van der Waals surface area contributed by atoms with E-state index < -0.39 is 0 Å². The lowest BCUT2D eigenvalue weighted by atomic mass is 9.99. The van der Waals surface area contributed by atoms with Crippen LogP contribution in [0.1, 0.15) is 55.6 Å². The summed E-state index contributed by atoms with van der Waals surface area (Å²) in [5.41, 5.74) is 3.90. The molecule has 2 aliphatic rings. The minimum absolute atomic E-state index is 0.486. The van der Waals surface area contributed by atoms with Gasteiger partial charge in [0.05, 0.1) is 11.0 Å². The highest BCUT2D eigenvalue weighted by atomic mass is 15.2. The number of hydrogen-bond donors (Lipinski definition) is 1. The summed E-state index contributed by atoms with van der Waals surface area (Å²) in [6.07, 6.45) is 3.60. The monoisotopic (exact) mass is 374 g/mol. The van der Waals surface area contributed by atoms with E-state index in [1.165, 1.54) is 36.2 Å². The molecule has 2 aliphatic heterocycles. The fourth-order valence-electron chi connectivity index (χ4n) is 5.08. The Hall–Kier alpha value is -2.17. The number of rotatable bonds is 4. The second-order valence-electron chi connectivity index (χ2n) is 8.37. The topological polar surface area (TPSA) is 33.1 Å². The number of para-hydroxylation sites is 2. The van der Waals surface area contributed by atoms with Crippen molar-refractivity contribution in [3.05, 3.63) is 66.0 Å². The van der Waals surface area contributed by atoms with E-state index in [1.807, 2.05) is 0 Å². The summed E-state index contributed by atoms with van der Waals surface area (Å²) in [5.74, 6) is 1.86. The molecule has 2 saturated heterocycles. The molecule has 2 fully saturated rings. The van der Waals surface area contributed by atoms with E-state index in [4.69, 9.17) is 4.98 Å². The van der Waals surface area contributed by atoms with E-state index in [9.17, 15) is 0 Å². The second-order valence-corrected chi connectivity index (χ2v) is 8.37. The average Bonchev–Trinajstić information content (AvgIpc) is 3.42. The minimum atomic E-state index is 0.486. The molecule has 4 nitrogen and oxygen atoms in total. The third-order valence-corrected chi connectivity index (χ3v) is 6.74. The average molecular weight is 375 g/mol. The largest absolute Gasteiger partial charge is 0.324 e. The van der Waals surface area contributed by atoms with Crippen molar-refractivity contribution in [2.45, 2.75) is 44.2 Å². The Labute approximate surface area is 167 Å².